The van der Waals surface area contributed by atoms with Crippen molar-refractivity contribution in [1.82, 2.24) is 10.6 Å². The molecule has 3 rings (SSSR count). The van der Waals surface area contributed by atoms with E-state index in [4.69, 9.17) is 14.2 Å². The zero-order chi connectivity index (χ0) is 25.4. The lowest BCUT2D eigenvalue weighted by Gasteiger charge is -2.33. The van der Waals surface area contributed by atoms with Crippen LogP contribution in [0.3, 0.4) is 0 Å². The van der Waals surface area contributed by atoms with Crippen molar-refractivity contribution in [2.75, 3.05) is 25.1 Å². The molecule has 35 heavy (non-hydrogen) atoms. The minimum absolute atomic E-state index is 0.169. The molecule has 0 unspecified atom stereocenters. The van der Waals surface area contributed by atoms with Gasteiger partial charge in [0.15, 0.2) is 6.61 Å². The minimum Gasteiger partial charge on any atom is -0.483 e. The summed E-state index contributed by atoms with van der Waals surface area (Å²) >= 11 is 0. The molecule has 0 saturated carbocycles. The molecule has 1 saturated heterocycles. The summed E-state index contributed by atoms with van der Waals surface area (Å²) in [4.78, 5) is 48.9. The first-order valence-corrected chi connectivity index (χ1v) is 11.1. The topological polar surface area (TPSA) is 132 Å². The number of urea groups is 1. The Kier molecular flexibility index (Phi) is 8.44. The zero-order valence-electron chi connectivity index (χ0n) is 19.5. The van der Waals surface area contributed by atoms with Crippen molar-refractivity contribution in [1.29, 1.82) is 0 Å². The first-order chi connectivity index (χ1) is 16.8. The molecule has 10 heteroatoms. The maximum Gasteiger partial charge on any atom is 0.338 e. The van der Waals surface area contributed by atoms with Crippen LogP contribution < -0.4 is 20.7 Å². The Hall–Kier alpha value is -4.34. The van der Waals surface area contributed by atoms with Gasteiger partial charge in [0.25, 0.3) is 5.91 Å². The van der Waals surface area contributed by atoms with E-state index in [1.165, 1.54) is 0 Å². The highest BCUT2D eigenvalue weighted by Crippen LogP contribution is 2.35. The highest BCUT2D eigenvalue weighted by Gasteiger charge is 2.40. The molecule has 1 aliphatic heterocycles. The second kappa shape index (κ2) is 11.7. The van der Waals surface area contributed by atoms with Gasteiger partial charge in [0, 0.05) is 16.9 Å². The summed E-state index contributed by atoms with van der Waals surface area (Å²) < 4.78 is 15.8. The molecule has 3 N–H and O–H groups in total. The zero-order valence-corrected chi connectivity index (χ0v) is 19.5. The lowest BCUT2D eigenvalue weighted by molar-refractivity contribution is -0.148. The van der Waals surface area contributed by atoms with Gasteiger partial charge in [-0.1, -0.05) is 24.8 Å². The molecule has 2 aromatic carbocycles. The van der Waals surface area contributed by atoms with Crippen molar-refractivity contribution < 1.29 is 33.4 Å². The van der Waals surface area contributed by atoms with Crippen LogP contribution in [0.4, 0.5) is 10.5 Å². The molecule has 1 aliphatic rings. The third-order valence-electron chi connectivity index (χ3n) is 5.10. The van der Waals surface area contributed by atoms with Crippen molar-refractivity contribution in [3.8, 4) is 5.75 Å². The van der Waals surface area contributed by atoms with Crippen LogP contribution in [0.15, 0.2) is 60.8 Å². The van der Waals surface area contributed by atoms with Crippen molar-refractivity contribution >= 4 is 29.6 Å². The van der Waals surface area contributed by atoms with Gasteiger partial charge in [-0.3, -0.25) is 9.59 Å². The molecule has 0 aliphatic carbocycles. The normalized spacial score (nSPS) is 17.0. The number of hydrogen-bond donors (Lipinski definition) is 3. The fourth-order valence-corrected chi connectivity index (χ4v) is 3.57. The van der Waals surface area contributed by atoms with Gasteiger partial charge in [-0.25, -0.2) is 9.59 Å². The summed E-state index contributed by atoms with van der Waals surface area (Å²) in [7, 11) is 0. The van der Waals surface area contributed by atoms with Crippen LogP contribution in [0.2, 0.25) is 0 Å². The number of anilines is 1. The molecule has 1 heterocycles. The van der Waals surface area contributed by atoms with E-state index in [9.17, 15) is 19.2 Å². The summed E-state index contributed by atoms with van der Waals surface area (Å²) in [5, 5.41) is 7.90. The molecule has 3 amide bonds. The van der Waals surface area contributed by atoms with Gasteiger partial charge in [-0.15, -0.1) is 0 Å². The molecular weight excluding hydrogens is 454 g/mol. The molecular formula is C25H27N3O7. The minimum atomic E-state index is -0.885. The highest BCUT2D eigenvalue weighted by molar-refractivity contribution is 5.93. The molecule has 2 atom stereocenters. The highest BCUT2D eigenvalue weighted by atomic mass is 16.5. The summed E-state index contributed by atoms with van der Waals surface area (Å²) in [6.45, 7) is 7.31. The third kappa shape index (κ3) is 6.38. The van der Waals surface area contributed by atoms with Gasteiger partial charge < -0.3 is 30.2 Å². The molecule has 0 spiro atoms. The van der Waals surface area contributed by atoms with Gasteiger partial charge in [0.1, 0.15) is 11.7 Å². The van der Waals surface area contributed by atoms with Crippen LogP contribution in [0.5, 0.6) is 5.75 Å². The fraction of sp³-hybridized carbons (Fsp3) is 0.280. The number of carbonyl (C=O) groups excluding carboxylic acids is 4. The van der Waals surface area contributed by atoms with Gasteiger partial charge in [0.05, 0.1) is 24.8 Å². The van der Waals surface area contributed by atoms with Gasteiger partial charge >= 0.3 is 18.0 Å². The Morgan fingerprint density at radius 3 is 2.37 bits per heavy atom. The SMILES string of the molecule is C=C1NC(=O)N[C@@H](c2ccccc2OCC(=O)Nc2ccc(C(=O)OCC)cc2)[C@@H]1C(=O)OCC. The molecule has 0 aromatic heterocycles. The summed E-state index contributed by atoms with van der Waals surface area (Å²) in [6.07, 6.45) is 0. The van der Waals surface area contributed by atoms with E-state index in [1.807, 2.05) is 0 Å². The number of esters is 2. The van der Waals surface area contributed by atoms with Crippen LogP contribution in [0, 0.1) is 5.92 Å². The molecule has 1 fully saturated rings. The Balaban J connectivity index is 1.70. The Labute approximate surface area is 202 Å². The van der Waals surface area contributed by atoms with E-state index in [1.54, 1.807) is 62.4 Å². The van der Waals surface area contributed by atoms with Gasteiger partial charge in [-0.05, 0) is 44.2 Å². The number of carbonyl (C=O) groups is 4. The van der Waals surface area contributed by atoms with Crippen molar-refractivity contribution in [2.24, 2.45) is 5.92 Å². The molecule has 2 aromatic rings. The standard InChI is InChI=1S/C25H27N3O7/c1-4-33-23(30)16-10-12-17(13-11-16)27-20(29)14-35-19-9-7-6-8-18(19)22-21(24(31)34-5-2)15(3)26-25(32)28-22/h6-13,21-22H,3-5,14H2,1-2H3,(H,27,29)(H2,26,28,32)/t21-,22+/m1/s1. The van der Waals surface area contributed by atoms with E-state index in [-0.39, 0.29) is 25.5 Å². The first-order valence-electron chi connectivity index (χ1n) is 11.1. The average Bonchev–Trinajstić information content (AvgIpc) is 2.83. The Morgan fingerprint density at radius 1 is 1.00 bits per heavy atom. The van der Waals surface area contributed by atoms with Gasteiger partial charge in [-0.2, -0.15) is 0 Å². The van der Waals surface area contributed by atoms with E-state index in [0.717, 1.165) is 0 Å². The lowest BCUT2D eigenvalue weighted by atomic mass is 9.88. The van der Waals surface area contributed by atoms with Crippen LogP contribution in [-0.2, 0) is 19.1 Å². The predicted molar refractivity (Wildman–Crippen MR) is 127 cm³/mol. The van der Waals surface area contributed by atoms with E-state index in [0.29, 0.717) is 22.6 Å². The summed E-state index contributed by atoms with van der Waals surface area (Å²) in [6, 6.07) is 11.7. The van der Waals surface area contributed by atoms with E-state index >= 15 is 0 Å². The maximum atomic E-state index is 12.6. The number of benzene rings is 2. The predicted octanol–water partition coefficient (Wildman–Crippen LogP) is 2.93. The van der Waals surface area contributed by atoms with E-state index in [2.05, 4.69) is 22.5 Å². The number of hydrogen-bond acceptors (Lipinski definition) is 7. The largest absolute Gasteiger partial charge is 0.483 e. The maximum absolute atomic E-state index is 12.6. The van der Waals surface area contributed by atoms with Crippen molar-refractivity contribution in [3.63, 3.8) is 0 Å². The van der Waals surface area contributed by atoms with Crippen LogP contribution in [-0.4, -0.2) is 43.7 Å². The van der Waals surface area contributed by atoms with Crippen LogP contribution in [0.25, 0.3) is 0 Å². The average molecular weight is 482 g/mol. The van der Waals surface area contributed by atoms with E-state index < -0.39 is 35.8 Å². The quantitative estimate of drug-likeness (QED) is 0.469. The van der Waals surface area contributed by atoms with Crippen LogP contribution >= 0.6 is 0 Å². The molecule has 10 nitrogen and oxygen atoms in total. The number of rotatable bonds is 9. The molecule has 0 bridgehead atoms. The third-order valence-corrected chi connectivity index (χ3v) is 5.10. The number of ether oxygens (including phenoxy) is 3. The number of amides is 3. The fourth-order valence-electron chi connectivity index (χ4n) is 3.57. The van der Waals surface area contributed by atoms with Gasteiger partial charge in [0.2, 0.25) is 0 Å². The monoisotopic (exact) mass is 481 g/mol. The van der Waals surface area contributed by atoms with Crippen LogP contribution in [0.1, 0.15) is 35.8 Å². The van der Waals surface area contributed by atoms with Crippen molar-refractivity contribution in [2.45, 2.75) is 19.9 Å². The lowest BCUT2D eigenvalue weighted by Crippen LogP contribution is -2.51. The smallest absolute Gasteiger partial charge is 0.338 e. The second-order valence-electron chi connectivity index (χ2n) is 7.50. The number of nitrogens with one attached hydrogen (secondary N) is 3. The summed E-state index contributed by atoms with van der Waals surface area (Å²) in [5.41, 5.74) is 1.55. The first kappa shape index (κ1) is 25.3. The molecule has 184 valence electrons. The number of para-hydroxylation sites is 1. The van der Waals surface area contributed by atoms with Crippen molar-refractivity contribution in [3.05, 3.63) is 71.9 Å². The summed E-state index contributed by atoms with van der Waals surface area (Å²) in [5.74, 6) is -2.00. The molecule has 0 radical (unpaired) electrons. The Morgan fingerprint density at radius 2 is 1.69 bits per heavy atom. The Bertz CT molecular complexity index is 1110. The second-order valence-corrected chi connectivity index (χ2v) is 7.50.